The fraction of sp³-hybridized carbons (Fsp3) is 0.174. The first-order valence-electron chi connectivity index (χ1n) is 9.32. The lowest BCUT2D eigenvalue weighted by atomic mass is 9.98. The molecule has 0 saturated heterocycles. The van der Waals surface area contributed by atoms with E-state index in [2.05, 4.69) is 0 Å². The number of aliphatic hydroxyl groups is 1. The molecule has 156 valence electrons. The fourth-order valence-electron chi connectivity index (χ4n) is 3.24. The number of hydrogen-bond acceptors (Lipinski definition) is 4. The number of carboxylic acids is 1. The minimum atomic E-state index is -1.06. The second-order valence-electron chi connectivity index (χ2n) is 6.39. The second kappa shape index (κ2) is 9.52. The summed E-state index contributed by atoms with van der Waals surface area (Å²) in [7, 11) is 1.54. The average Bonchev–Trinajstić information content (AvgIpc) is 3.20. The Morgan fingerprint density at radius 3 is 2.70 bits per heavy atom. The second-order valence-corrected chi connectivity index (χ2v) is 6.83. The van der Waals surface area contributed by atoms with Gasteiger partial charge in [-0.3, -0.25) is 0 Å². The van der Waals surface area contributed by atoms with E-state index in [9.17, 15) is 9.90 Å². The van der Waals surface area contributed by atoms with Gasteiger partial charge in [-0.2, -0.15) is 0 Å². The molecular weight excluding hydrogens is 406 g/mol. The third-order valence-corrected chi connectivity index (χ3v) is 4.77. The normalized spacial score (nSPS) is 12.1. The van der Waals surface area contributed by atoms with Crippen molar-refractivity contribution in [1.82, 2.24) is 4.57 Å². The minimum absolute atomic E-state index is 0.407. The van der Waals surface area contributed by atoms with Gasteiger partial charge in [-0.15, -0.1) is 0 Å². The number of para-hydroxylation sites is 1. The lowest BCUT2D eigenvalue weighted by Crippen LogP contribution is -2.09. The van der Waals surface area contributed by atoms with Crippen LogP contribution in [0.5, 0.6) is 11.5 Å². The maximum Gasteiger partial charge on any atom is 0.328 e. The summed E-state index contributed by atoms with van der Waals surface area (Å²) in [5.74, 6) is -0.0701. The van der Waals surface area contributed by atoms with Gasteiger partial charge < -0.3 is 24.3 Å². The molecule has 2 aromatic carbocycles. The van der Waals surface area contributed by atoms with Crippen LogP contribution in [0.15, 0.2) is 60.8 Å². The van der Waals surface area contributed by atoms with Crippen LogP contribution in [0.25, 0.3) is 11.8 Å². The zero-order valence-electron chi connectivity index (χ0n) is 16.6. The van der Waals surface area contributed by atoms with E-state index in [1.165, 1.54) is 6.08 Å². The largest absolute Gasteiger partial charge is 0.493 e. The molecule has 0 bridgehead atoms. The Labute approximate surface area is 179 Å². The zero-order valence-corrected chi connectivity index (χ0v) is 17.3. The standard InChI is InChI=1S/C23H22ClNO5/c1-3-30-23-17(7-4-8-20(23)29-2)22(28)18-14-15(24)9-11-19(18)25-13-5-6-16(25)10-12-21(26)27/h4-14,22,28H,3H2,1-2H3,(H,26,27). The van der Waals surface area contributed by atoms with Crippen molar-refractivity contribution < 1.29 is 24.5 Å². The van der Waals surface area contributed by atoms with Gasteiger partial charge in [0.1, 0.15) is 6.10 Å². The van der Waals surface area contributed by atoms with Crippen LogP contribution in [-0.2, 0) is 4.79 Å². The number of carboxylic acid groups (broad SMARTS) is 1. The van der Waals surface area contributed by atoms with Crippen molar-refractivity contribution >= 4 is 23.6 Å². The summed E-state index contributed by atoms with van der Waals surface area (Å²) in [5, 5.41) is 20.7. The SMILES string of the molecule is CCOc1c(OC)cccc1C(O)c1cc(Cl)ccc1-n1cccc1C=CC(=O)O. The quantitative estimate of drug-likeness (QED) is 0.508. The van der Waals surface area contributed by atoms with E-state index in [1.807, 2.05) is 6.92 Å². The summed E-state index contributed by atoms with van der Waals surface area (Å²) in [6, 6.07) is 14.1. The Bertz CT molecular complexity index is 1070. The highest BCUT2D eigenvalue weighted by Gasteiger charge is 2.23. The molecule has 30 heavy (non-hydrogen) atoms. The Kier molecular flexibility index (Phi) is 6.82. The number of aliphatic hydroxyl groups excluding tert-OH is 1. The zero-order chi connectivity index (χ0) is 21.7. The molecule has 3 aromatic rings. The Morgan fingerprint density at radius 1 is 1.20 bits per heavy atom. The van der Waals surface area contributed by atoms with Gasteiger partial charge in [-0.25, -0.2) is 4.79 Å². The average molecular weight is 428 g/mol. The lowest BCUT2D eigenvalue weighted by molar-refractivity contribution is -0.131. The van der Waals surface area contributed by atoms with Gasteiger partial charge in [-0.05, 0) is 49.4 Å². The van der Waals surface area contributed by atoms with Crippen molar-refractivity contribution in [3.63, 3.8) is 0 Å². The molecule has 6 nitrogen and oxygen atoms in total. The number of aromatic nitrogens is 1. The van der Waals surface area contributed by atoms with Crippen molar-refractivity contribution in [2.45, 2.75) is 13.0 Å². The van der Waals surface area contributed by atoms with Crippen LogP contribution in [0.1, 0.15) is 29.8 Å². The monoisotopic (exact) mass is 427 g/mol. The van der Waals surface area contributed by atoms with Gasteiger partial charge >= 0.3 is 5.97 Å². The van der Waals surface area contributed by atoms with Crippen LogP contribution in [0.2, 0.25) is 5.02 Å². The van der Waals surface area contributed by atoms with E-state index in [-0.39, 0.29) is 0 Å². The Balaban J connectivity index is 2.15. The van der Waals surface area contributed by atoms with Gasteiger partial charge in [0.2, 0.25) is 0 Å². The number of hydrogen-bond donors (Lipinski definition) is 2. The fourth-order valence-corrected chi connectivity index (χ4v) is 3.43. The molecule has 1 atom stereocenters. The summed E-state index contributed by atoms with van der Waals surface area (Å²) in [4.78, 5) is 10.9. The predicted molar refractivity (Wildman–Crippen MR) is 116 cm³/mol. The van der Waals surface area contributed by atoms with Gasteiger partial charge in [0.05, 0.1) is 19.4 Å². The molecule has 0 amide bonds. The van der Waals surface area contributed by atoms with Gasteiger partial charge in [0.25, 0.3) is 0 Å². The van der Waals surface area contributed by atoms with Gasteiger partial charge in [0.15, 0.2) is 11.5 Å². The van der Waals surface area contributed by atoms with E-state index in [0.29, 0.717) is 45.6 Å². The molecule has 0 radical (unpaired) electrons. The van der Waals surface area contributed by atoms with E-state index in [0.717, 1.165) is 6.08 Å². The summed E-state index contributed by atoms with van der Waals surface area (Å²) in [6.45, 7) is 2.26. The number of halogens is 1. The van der Waals surface area contributed by atoms with E-state index >= 15 is 0 Å². The number of ether oxygens (including phenoxy) is 2. The van der Waals surface area contributed by atoms with E-state index in [4.69, 9.17) is 26.2 Å². The summed E-state index contributed by atoms with van der Waals surface area (Å²) < 4.78 is 12.9. The van der Waals surface area contributed by atoms with Crippen molar-refractivity contribution in [2.75, 3.05) is 13.7 Å². The van der Waals surface area contributed by atoms with Crippen molar-refractivity contribution in [1.29, 1.82) is 0 Å². The molecule has 1 unspecified atom stereocenters. The van der Waals surface area contributed by atoms with Gasteiger partial charge in [-0.1, -0.05) is 23.7 Å². The number of benzene rings is 2. The molecule has 3 rings (SSSR count). The number of aliphatic carboxylic acids is 1. The molecule has 7 heteroatoms. The van der Waals surface area contributed by atoms with Crippen molar-refractivity contribution in [3.05, 3.63) is 82.6 Å². The molecule has 0 aliphatic heterocycles. The number of carbonyl (C=O) groups is 1. The molecule has 0 fully saturated rings. The van der Waals surface area contributed by atoms with E-state index in [1.54, 1.807) is 66.4 Å². The number of methoxy groups -OCH3 is 1. The summed E-state index contributed by atoms with van der Waals surface area (Å²) in [5.41, 5.74) is 2.38. The third-order valence-electron chi connectivity index (χ3n) is 4.53. The van der Waals surface area contributed by atoms with Crippen molar-refractivity contribution in [2.24, 2.45) is 0 Å². The molecule has 0 aliphatic rings. The van der Waals surface area contributed by atoms with Crippen molar-refractivity contribution in [3.8, 4) is 17.2 Å². The molecular formula is C23H22ClNO5. The van der Waals surface area contributed by atoms with Crippen LogP contribution in [0.4, 0.5) is 0 Å². The first-order valence-corrected chi connectivity index (χ1v) is 9.70. The molecule has 0 aliphatic carbocycles. The minimum Gasteiger partial charge on any atom is -0.493 e. The van der Waals surface area contributed by atoms with Crippen LogP contribution >= 0.6 is 11.6 Å². The smallest absolute Gasteiger partial charge is 0.328 e. The Hall–Kier alpha value is -3.22. The third kappa shape index (κ3) is 4.50. The molecule has 1 aromatic heterocycles. The molecule has 0 saturated carbocycles. The molecule has 1 heterocycles. The summed E-state index contributed by atoms with van der Waals surface area (Å²) in [6.07, 6.45) is 3.28. The molecule has 0 spiro atoms. The van der Waals surface area contributed by atoms with Crippen LogP contribution in [0.3, 0.4) is 0 Å². The van der Waals surface area contributed by atoms with Crippen LogP contribution in [0, 0.1) is 0 Å². The first kappa shape index (κ1) is 21.5. The Morgan fingerprint density at radius 2 is 2.00 bits per heavy atom. The number of nitrogens with zero attached hydrogens (tertiary/aromatic N) is 1. The lowest BCUT2D eigenvalue weighted by Gasteiger charge is -2.21. The topological polar surface area (TPSA) is 80.9 Å². The van der Waals surface area contributed by atoms with Crippen LogP contribution < -0.4 is 9.47 Å². The highest BCUT2D eigenvalue weighted by Crippen LogP contribution is 2.39. The summed E-state index contributed by atoms with van der Waals surface area (Å²) >= 11 is 6.24. The first-order chi connectivity index (χ1) is 14.5. The maximum absolute atomic E-state index is 11.3. The molecule has 2 N–H and O–H groups in total. The predicted octanol–water partition coefficient (Wildman–Crippen LogP) is 4.72. The number of rotatable bonds is 8. The van der Waals surface area contributed by atoms with Crippen LogP contribution in [-0.4, -0.2) is 34.5 Å². The highest BCUT2D eigenvalue weighted by molar-refractivity contribution is 6.30. The van der Waals surface area contributed by atoms with E-state index < -0.39 is 12.1 Å². The maximum atomic E-state index is 11.3. The van der Waals surface area contributed by atoms with Gasteiger partial charge in [0, 0.05) is 34.1 Å². The highest BCUT2D eigenvalue weighted by atomic mass is 35.5.